The molecule has 0 aliphatic rings. The Morgan fingerprint density at radius 2 is 2.15 bits per heavy atom. The highest BCUT2D eigenvalue weighted by molar-refractivity contribution is 5.78. The fraction of sp³-hybridized carbons (Fsp3) is 0.900. The number of carbonyl (C=O) groups is 1. The topological polar surface area (TPSA) is 38.3 Å². The zero-order valence-electron chi connectivity index (χ0n) is 8.93. The van der Waals surface area contributed by atoms with Gasteiger partial charge in [-0.1, -0.05) is 13.8 Å². The average molecular weight is 187 g/mol. The molecule has 0 aliphatic carbocycles. The summed E-state index contributed by atoms with van der Waals surface area (Å²) in [6.07, 6.45) is 1.80. The number of ether oxygens (including phenoxy) is 1. The highest BCUT2D eigenvalue weighted by atomic mass is 16.5. The first-order valence-corrected chi connectivity index (χ1v) is 5.07. The molecule has 0 fully saturated rings. The summed E-state index contributed by atoms with van der Waals surface area (Å²) in [5, 5.41) is 2.87. The summed E-state index contributed by atoms with van der Waals surface area (Å²) in [4.78, 5) is 11.3. The molecule has 1 atom stereocenters. The molecule has 3 heteroatoms. The van der Waals surface area contributed by atoms with Crippen molar-refractivity contribution in [1.82, 2.24) is 5.32 Å². The molecule has 1 unspecified atom stereocenters. The number of amides is 1. The van der Waals surface area contributed by atoms with Crippen LogP contribution in [0.15, 0.2) is 0 Å². The molecule has 0 aromatic rings. The second-order valence-corrected chi connectivity index (χ2v) is 3.15. The average Bonchev–Trinajstić information content (AvgIpc) is 2.16. The van der Waals surface area contributed by atoms with Crippen molar-refractivity contribution in [2.75, 3.05) is 19.8 Å². The van der Waals surface area contributed by atoms with Crippen LogP contribution in [0.4, 0.5) is 0 Å². The second kappa shape index (κ2) is 8.05. The minimum atomic E-state index is 0.132. The van der Waals surface area contributed by atoms with Crippen LogP contribution in [0.1, 0.15) is 33.6 Å². The van der Waals surface area contributed by atoms with E-state index < -0.39 is 0 Å². The lowest BCUT2D eigenvalue weighted by atomic mass is 10.1. The summed E-state index contributed by atoms with van der Waals surface area (Å²) in [5.74, 6) is 0.283. The van der Waals surface area contributed by atoms with Crippen molar-refractivity contribution in [3.8, 4) is 0 Å². The van der Waals surface area contributed by atoms with Gasteiger partial charge in [0.05, 0.1) is 0 Å². The molecule has 0 saturated heterocycles. The molecule has 0 aromatic heterocycles. The maximum absolute atomic E-state index is 11.3. The lowest BCUT2D eigenvalue weighted by molar-refractivity contribution is -0.124. The van der Waals surface area contributed by atoms with E-state index in [1.807, 2.05) is 20.8 Å². The molecule has 1 N–H and O–H groups in total. The summed E-state index contributed by atoms with van der Waals surface area (Å²) < 4.78 is 5.15. The molecule has 0 spiro atoms. The van der Waals surface area contributed by atoms with E-state index in [2.05, 4.69) is 5.32 Å². The van der Waals surface area contributed by atoms with Crippen molar-refractivity contribution in [1.29, 1.82) is 0 Å². The van der Waals surface area contributed by atoms with E-state index >= 15 is 0 Å². The van der Waals surface area contributed by atoms with Crippen LogP contribution < -0.4 is 5.32 Å². The van der Waals surface area contributed by atoms with Crippen LogP contribution in [0.5, 0.6) is 0 Å². The van der Waals surface area contributed by atoms with Crippen LogP contribution in [0, 0.1) is 5.92 Å². The van der Waals surface area contributed by atoms with Gasteiger partial charge in [-0.2, -0.15) is 0 Å². The summed E-state index contributed by atoms with van der Waals surface area (Å²) in [5.41, 5.74) is 0. The van der Waals surface area contributed by atoms with Crippen molar-refractivity contribution in [2.24, 2.45) is 5.92 Å². The first kappa shape index (κ1) is 12.4. The van der Waals surface area contributed by atoms with E-state index in [9.17, 15) is 4.79 Å². The van der Waals surface area contributed by atoms with E-state index in [-0.39, 0.29) is 11.8 Å². The number of nitrogens with one attached hydrogen (secondary N) is 1. The summed E-state index contributed by atoms with van der Waals surface area (Å²) >= 11 is 0. The Bertz CT molecular complexity index is 137. The van der Waals surface area contributed by atoms with Gasteiger partial charge in [0.15, 0.2) is 0 Å². The standard InChI is InChI=1S/C10H21NO2/c1-4-9(3)10(12)11-7-6-8-13-5-2/h9H,4-8H2,1-3H3,(H,11,12). The normalized spacial score (nSPS) is 12.5. The first-order valence-electron chi connectivity index (χ1n) is 5.07. The maximum atomic E-state index is 11.3. The summed E-state index contributed by atoms with van der Waals surface area (Å²) in [6.45, 7) is 8.14. The molecule has 0 bridgehead atoms. The highest BCUT2D eigenvalue weighted by Gasteiger charge is 2.08. The number of hydrogen-bond acceptors (Lipinski definition) is 2. The molecule has 0 aromatic carbocycles. The van der Waals surface area contributed by atoms with Crippen LogP contribution in [0.25, 0.3) is 0 Å². The van der Waals surface area contributed by atoms with Crippen molar-refractivity contribution in [3.63, 3.8) is 0 Å². The van der Waals surface area contributed by atoms with Crippen molar-refractivity contribution >= 4 is 5.91 Å². The van der Waals surface area contributed by atoms with Gasteiger partial charge in [0.2, 0.25) is 5.91 Å². The molecule has 0 heterocycles. The van der Waals surface area contributed by atoms with Crippen LogP contribution in [-0.4, -0.2) is 25.7 Å². The Labute approximate surface area is 80.8 Å². The third-order valence-electron chi connectivity index (χ3n) is 2.03. The fourth-order valence-corrected chi connectivity index (χ4v) is 0.890. The largest absolute Gasteiger partial charge is 0.382 e. The van der Waals surface area contributed by atoms with Crippen molar-refractivity contribution in [2.45, 2.75) is 33.6 Å². The van der Waals surface area contributed by atoms with Gasteiger partial charge in [0.1, 0.15) is 0 Å². The van der Waals surface area contributed by atoms with Gasteiger partial charge in [0.25, 0.3) is 0 Å². The van der Waals surface area contributed by atoms with Gasteiger partial charge in [-0.05, 0) is 19.8 Å². The Morgan fingerprint density at radius 1 is 1.46 bits per heavy atom. The predicted octanol–water partition coefficient (Wildman–Crippen LogP) is 1.58. The maximum Gasteiger partial charge on any atom is 0.222 e. The quantitative estimate of drug-likeness (QED) is 0.614. The molecule has 0 rings (SSSR count). The van der Waals surface area contributed by atoms with E-state index in [1.165, 1.54) is 0 Å². The van der Waals surface area contributed by atoms with Crippen molar-refractivity contribution < 1.29 is 9.53 Å². The summed E-state index contributed by atoms with van der Waals surface area (Å²) in [6, 6.07) is 0. The van der Waals surface area contributed by atoms with Gasteiger partial charge in [-0.3, -0.25) is 4.79 Å². The third-order valence-corrected chi connectivity index (χ3v) is 2.03. The molecule has 0 radical (unpaired) electrons. The minimum Gasteiger partial charge on any atom is -0.382 e. The molecule has 3 nitrogen and oxygen atoms in total. The van der Waals surface area contributed by atoms with E-state index in [4.69, 9.17) is 4.74 Å². The second-order valence-electron chi connectivity index (χ2n) is 3.15. The number of rotatable bonds is 7. The van der Waals surface area contributed by atoms with E-state index in [1.54, 1.807) is 0 Å². The van der Waals surface area contributed by atoms with E-state index in [0.29, 0.717) is 0 Å². The Balaban J connectivity index is 3.27. The molecule has 0 saturated carbocycles. The molecule has 78 valence electrons. The zero-order chi connectivity index (χ0) is 10.1. The van der Waals surface area contributed by atoms with Gasteiger partial charge in [-0.15, -0.1) is 0 Å². The molecular weight excluding hydrogens is 166 g/mol. The van der Waals surface area contributed by atoms with Crippen LogP contribution in [-0.2, 0) is 9.53 Å². The van der Waals surface area contributed by atoms with Gasteiger partial charge >= 0.3 is 0 Å². The first-order chi connectivity index (χ1) is 6.22. The Morgan fingerprint density at radius 3 is 2.69 bits per heavy atom. The minimum absolute atomic E-state index is 0.132. The molecule has 0 aliphatic heterocycles. The highest BCUT2D eigenvalue weighted by Crippen LogP contribution is 1.99. The van der Waals surface area contributed by atoms with E-state index in [0.717, 1.165) is 32.6 Å². The lowest BCUT2D eigenvalue weighted by Gasteiger charge is -2.09. The SMILES string of the molecule is CCOCCCNC(=O)C(C)CC. The Kier molecular flexibility index (Phi) is 7.69. The number of hydrogen-bond donors (Lipinski definition) is 1. The number of carbonyl (C=O) groups excluding carboxylic acids is 1. The fourth-order valence-electron chi connectivity index (χ4n) is 0.890. The van der Waals surface area contributed by atoms with Gasteiger partial charge in [-0.25, -0.2) is 0 Å². The molecular formula is C10H21NO2. The smallest absolute Gasteiger partial charge is 0.222 e. The zero-order valence-corrected chi connectivity index (χ0v) is 8.93. The predicted molar refractivity (Wildman–Crippen MR) is 53.6 cm³/mol. The van der Waals surface area contributed by atoms with Crippen LogP contribution >= 0.6 is 0 Å². The van der Waals surface area contributed by atoms with Crippen LogP contribution in [0.2, 0.25) is 0 Å². The van der Waals surface area contributed by atoms with Gasteiger partial charge in [0, 0.05) is 25.7 Å². The van der Waals surface area contributed by atoms with Gasteiger partial charge < -0.3 is 10.1 Å². The molecule has 13 heavy (non-hydrogen) atoms. The molecule has 1 amide bonds. The third kappa shape index (κ3) is 6.58. The monoisotopic (exact) mass is 187 g/mol. The Hall–Kier alpha value is -0.570. The summed E-state index contributed by atoms with van der Waals surface area (Å²) in [7, 11) is 0. The van der Waals surface area contributed by atoms with Crippen LogP contribution in [0.3, 0.4) is 0 Å². The van der Waals surface area contributed by atoms with Crippen molar-refractivity contribution in [3.05, 3.63) is 0 Å². The lowest BCUT2D eigenvalue weighted by Crippen LogP contribution is -2.30.